The molecule has 0 spiro atoms. The van der Waals surface area contributed by atoms with Gasteiger partial charge in [-0.15, -0.1) is 0 Å². The molecular weight excluding hydrogens is 278 g/mol. The highest BCUT2D eigenvalue weighted by atomic mass is 16.5. The number of hydrogen-bond donors (Lipinski definition) is 1. The van der Waals surface area contributed by atoms with Crippen molar-refractivity contribution in [1.82, 2.24) is 24.8 Å². The van der Waals surface area contributed by atoms with E-state index in [-0.39, 0.29) is 6.10 Å². The molecule has 1 fully saturated rings. The molecule has 1 aliphatic rings. The molecule has 0 unspecified atom stereocenters. The van der Waals surface area contributed by atoms with Crippen molar-refractivity contribution < 1.29 is 4.74 Å². The Labute approximate surface area is 131 Å². The number of H-pyrrole nitrogens is 1. The molecule has 0 bridgehead atoms. The first kappa shape index (κ1) is 15.1. The fraction of sp³-hybridized carbons (Fsp3) is 0.500. The molecule has 1 N–H and O–H groups in total. The lowest BCUT2D eigenvalue weighted by molar-refractivity contribution is -0.0372. The third-order valence-electron chi connectivity index (χ3n) is 3.70. The number of imidazole rings is 1. The van der Waals surface area contributed by atoms with Crippen molar-refractivity contribution in [3.05, 3.63) is 47.8 Å². The van der Waals surface area contributed by atoms with Crippen molar-refractivity contribution in [3.8, 4) is 0 Å². The number of nitrogens with zero attached hydrogens (tertiary/aromatic N) is 4. The molecule has 0 amide bonds. The summed E-state index contributed by atoms with van der Waals surface area (Å²) in [7, 11) is 4.10. The van der Waals surface area contributed by atoms with Crippen LogP contribution in [0.2, 0.25) is 0 Å². The normalized spacial score (nSPS) is 19.7. The van der Waals surface area contributed by atoms with Crippen molar-refractivity contribution in [3.63, 3.8) is 0 Å². The van der Waals surface area contributed by atoms with Crippen LogP contribution in [0.4, 0.5) is 0 Å². The molecule has 3 rings (SSSR count). The minimum atomic E-state index is 0.00775. The van der Waals surface area contributed by atoms with Crippen LogP contribution in [0.1, 0.15) is 23.3 Å². The molecule has 0 saturated carbocycles. The topological polar surface area (TPSA) is 57.3 Å². The average molecular weight is 301 g/mol. The van der Waals surface area contributed by atoms with Crippen LogP contribution in [0.25, 0.3) is 0 Å². The predicted molar refractivity (Wildman–Crippen MR) is 84.2 cm³/mol. The summed E-state index contributed by atoms with van der Waals surface area (Å²) in [4.78, 5) is 16.7. The average Bonchev–Trinajstić information content (AvgIpc) is 2.96. The van der Waals surface area contributed by atoms with Crippen LogP contribution >= 0.6 is 0 Å². The van der Waals surface area contributed by atoms with E-state index in [2.05, 4.69) is 30.8 Å². The number of aromatic nitrogens is 3. The SMILES string of the molecule is CN(C)Cc1cnc([C@@H]2CN(Cc3ccccn3)CCO2)[nH]1. The summed E-state index contributed by atoms with van der Waals surface area (Å²) in [6, 6.07) is 6.04. The lowest BCUT2D eigenvalue weighted by atomic mass is 10.2. The second-order valence-corrected chi connectivity index (χ2v) is 5.95. The Hall–Kier alpha value is -1.76. The van der Waals surface area contributed by atoms with Crippen molar-refractivity contribution in [1.29, 1.82) is 0 Å². The number of pyridine rings is 1. The zero-order valence-corrected chi connectivity index (χ0v) is 13.2. The smallest absolute Gasteiger partial charge is 0.136 e. The Morgan fingerprint density at radius 1 is 1.36 bits per heavy atom. The molecule has 0 radical (unpaired) electrons. The van der Waals surface area contributed by atoms with Crippen molar-refractivity contribution in [2.45, 2.75) is 19.2 Å². The number of morpholine rings is 1. The van der Waals surface area contributed by atoms with E-state index in [0.717, 1.165) is 50.0 Å². The predicted octanol–water partition coefficient (Wildman–Crippen LogP) is 1.44. The Bertz CT molecular complexity index is 583. The van der Waals surface area contributed by atoms with Crippen molar-refractivity contribution >= 4 is 0 Å². The van der Waals surface area contributed by atoms with Crippen LogP contribution in [0.15, 0.2) is 30.6 Å². The lowest BCUT2D eigenvalue weighted by Crippen LogP contribution is -2.38. The van der Waals surface area contributed by atoms with Crippen LogP contribution < -0.4 is 0 Å². The molecule has 6 heteroatoms. The van der Waals surface area contributed by atoms with E-state index in [1.54, 1.807) is 0 Å². The molecule has 3 heterocycles. The zero-order chi connectivity index (χ0) is 15.4. The van der Waals surface area contributed by atoms with E-state index in [1.807, 2.05) is 38.6 Å². The maximum Gasteiger partial charge on any atom is 0.136 e. The third kappa shape index (κ3) is 3.91. The molecule has 22 heavy (non-hydrogen) atoms. The highest BCUT2D eigenvalue weighted by Crippen LogP contribution is 2.21. The number of rotatable bonds is 5. The first-order valence-corrected chi connectivity index (χ1v) is 7.63. The molecule has 0 aliphatic carbocycles. The summed E-state index contributed by atoms with van der Waals surface area (Å²) in [6.07, 6.45) is 3.75. The molecule has 1 saturated heterocycles. The van der Waals surface area contributed by atoms with E-state index in [1.165, 1.54) is 0 Å². The van der Waals surface area contributed by atoms with Crippen LogP contribution in [0, 0.1) is 0 Å². The molecule has 2 aromatic rings. The van der Waals surface area contributed by atoms with E-state index in [4.69, 9.17) is 4.74 Å². The maximum atomic E-state index is 5.88. The van der Waals surface area contributed by atoms with Crippen molar-refractivity contribution in [2.24, 2.45) is 0 Å². The van der Waals surface area contributed by atoms with Crippen LogP contribution in [-0.2, 0) is 17.8 Å². The Morgan fingerprint density at radius 2 is 2.27 bits per heavy atom. The number of aromatic amines is 1. The van der Waals surface area contributed by atoms with Gasteiger partial charge in [0, 0.05) is 44.3 Å². The summed E-state index contributed by atoms with van der Waals surface area (Å²) in [5.74, 6) is 0.919. The molecule has 0 aromatic carbocycles. The first-order valence-electron chi connectivity index (χ1n) is 7.63. The van der Waals surface area contributed by atoms with E-state index in [0.29, 0.717) is 0 Å². The lowest BCUT2D eigenvalue weighted by Gasteiger charge is -2.31. The Morgan fingerprint density at radius 3 is 3.05 bits per heavy atom. The fourth-order valence-corrected chi connectivity index (χ4v) is 2.69. The minimum absolute atomic E-state index is 0.00775. The van der Waals surface area contributed by atoms with Gasteiger partial charge in [-0.3, -0.25) is 9.88 Å². The van der Waals surface area contributed by atoms with E-state index in [9.17, 15) is 0 Å². The van der Waals surface area contributed by atoms with Gasteiger partial charge in [-0.05, 0) is 26.2 Å². The summed E-state index contributed by atoms with van der Waals surface area (Å²) in [5.41, 5.74) is 2.21. The Balaban J connectivity index is 1.61. The highest BCUT2D eigenvalue weighted by Gasteiger charge is 2.24. The van der Waals surface area contributed by atoms with Gasteiger partial charge in [-0.1, -0.05) is 6.07 Å². The highest BCUT2D eigenvalue weighted by molar-refractivity contribution is 5.06. The monoisotopic (exact) mass is 301 g/mol. The maximum absolute atomic E-state index is 5.88. The van der Waals surface area contributed by atoms with Gasteiger partial charge < -0.3 is 14.6 Å². The van der Waals surface area contributed by atoms with Gasteiger partial charge in [0.05, 0.1) is 12.3 Å². The van der Waals surface area contributed by atoms with Gasteiger partial charge in [-0.25, -0.2) is 4.98 Å². The molecular formula is C16H23N5O. The number of ether oxygens (including phenoxy) is 1. The Kier molecular flexibility index (Phi) is 4.82. The number of hydrogen-bond acceptors (Lipinski definition) is 5. The molecule has 1 aliphatic heterocycles. The summed E-state index contributed by atoms with van der Waals surface area (Å²) in [5, 5.41) is 0. The summed E-state index contributed by atoms with van der Waals surface area (Å²) in [6.45, 7) is 4.20. The van der Waals surface area contributed by atoms with Gasteiger partial charge in [0.15, 0.2) is 0 Å². The van der Waals surface area contributed by atoms with Crippen LogP contribution in [0.3, 0.4) is 0 Å². The van der Waals surface area contributed by atoms with E-state index >= 15 is 0 Å². The molecule has 1 atom stereocenters. The second kappa shape index (κ2) is 7.00. The third-order valence-corrected chi connectivity index (χ3v) is 3.70. The minimum Gasteiger partial charge on any atom is -0.368 e. The van der Waals surface area contributed by atoms with E-state index < -0.39 is 0 Å². The standard InChI is InChI=1S/C16H23N5O/c1-20(2)10-14-9-18-16(19-14)15-12-21(7-8-22-15)11-13-5-3-4-6-17-13/h3-6,9,15H,7-8,10-12H2,1-2H3,(H,18,19)/t15-/m0/s1. The summed E-state index contributed by atoms with van der Waals surface area (Å²) < 4.78 is 5.88. The largest absolute Gasteiger partial charge is 0.368 e. The van der Waals surface area contributed by atoms with Gasteiger partial charge in [0.25, 0.3) is 0 Å². The van der Waals surface area contributed by atoms with Gasteiger partial charge in [-0.2, -0.15) is 0 Å². The van der Waals surface area contributed by atoms with Crippen LogP contribution in [0.5, 0.6) is 0 Å². The van der Waals surface area contributed by atoms with Gasteiger partial charge >= 0.3 is 0 Å². The zero-order valence-electron chi connectivity index (χ0n) is 13.2. The molecule has 118 valence electrons. The quantitative estimate of drug-likeness (QED) is 0.905. The second-order valence-electron chi connectivity index (χ2n) is 5.95. The first-order chi connectivity index (χ1) is 10.7. The fourth-order valence-electron chi connectivity index (χ4n) is 2.69. The number of nitrogens with one attached hydrogen (secondary N) is 1. The van der Waals surface area contributed by atoms with Crippen molar-refractivity contribution in [2.75, 3.05) is 33.8 Å². The van der Waals surface area contributed by atoms with Crippen LogP contribution in [-0.4, -0.2) is 58.5 Å². The van der Waals surface area contributed by atoms with Gasteiger partial charge in [0.2, 0.25) is 0 Å². The van der Waals surface area contributed by atoms with Gasteiger partial charge in [0.1, 0.15) is 11.9 Å². The molecule has 6 nitrogen and oxygen atoms in total. The molecule has 2 aromatic heterocycles. The summed E-state index contributed by atoms with van der Waals surface area (Å²) >= 11 is 0.